The molecule has 0 unspecified atom stereocenters. The van der Waals surface area contributed by atoms with Crippen molar-refractivity contribution in [1.82, 2.24) is 4.90 Å². The van der Waals surface area contributed by atoms with Crippen molar-refractivity contribution in [2.24, 2.45) is 0 Å². The van der Waals surface area contributed by atoms with Crippen molar-refractivity contribution >= 4 is 23.6 Å². The van der Waals surface area contributed by atoms with Gasteiger partial charge in [-0.05, 0) is 25.1 Å². The standard InChI is InChI=1S/C16H21NO5S/c1-4-22-12-6-5-11(9-13(12)20-2)15(18)17-7-8-23-14(10-17)16(19)21-3/h5-6,9,14H,4,7-8,10H2,1-3H3/t14-/m1/s1. The lowest BCUT2D eigenvalue weighted by Gasteiger charge is -2.31. The Bertz CT molecular complexity index is 578. The molecule has 23 heavy (non-hydrogen) atoms. The fourth-order valence-electron chi connectivity index (χ4n) is 2.37. The van der Waals surface area contributed by atoms with Crippen molar-refractivity contribution in [2.45, 2.75) is 12.2 Å². The number of thioether (sulfide) groups is 1. The molecule has 6 nitrogen and oxygen atoms in total. The lowest BCUT2D eigenvalue weighted by molar-refractivity contribution is -0.140. The zero-order valence-corrected chi connectivity index (χ0v) is 14.4. The number of ether oxygens (including phenoxy) is 3. The summed E-state index contributed by atoms with van der Waals surface area (Å²) in [6.07, 6.45) is 0. The number of esters is 1. The highest BCUT2D eigenvalue weighted by molar-refractivity contribution is 8.00. The van der Waals surface area contributed by atoms with Gasteiger partial charge in [0.25, 0.3) is 5.91 Å². The molecule has 1 saturated heterocycles. The maximum atomic E-state index is 12.7. The molecule has 2 rings (SSSR count). The van der Waals surface area contributed by atoms with Gasteiger partial charge in [-0.2, -0.15) is 0 Å². The third kappa shape index (κ3) is 4.10. The molecule has 0 radical (unpaired) electrons. The zero-order valence-electron chi connectivity index (χ0n) is 13.5. The third-order valence-electron chi connectivity index (χ3n) is 3.53. The van der Waals surface area contributed by atoms with Gasteiger partial charge < -0.3 is 19.1 Å². The van der Waals surface area contributed by atoms with Gasteiger partial charge >= 0.3 is 5.97 Å². The molecule has 1 aliphatic rings. The molecule has 0 N–H and O–H groups in total. The van der Waals surface area contributed by atoms with Crippen LogP contribution in [0.1, 0.15) is 17.3 Å². The molecule has 0 saturated carbocycles. The number of carbonyl (C=O) groups excluding carboxylic acids is 2. The molecule has 1 amide bonds. The number of carbonyl (C=O) groups is 2. The average Bonchev–Trinajstić information content (AvgIpc) is 2.61. The van der Waals surface area contributed by atoms with Crippen LogP contribution >= 0.6 is 11.8 Å². The fourth-order valence-corrected chi connectivity index (χ4v) is 3.49. The molecular weight excluding hydrogens is 318 g/mol. The summed E-state index contributed by atoms with van der Waals surface area (Å²) in [5, 5.41) is -0.331. The van der Waals surface area contributed by atoms with Crippen LogP contribution in [0, 0.1) is 0 Å². The molecule has 0 spiro atoms. The van der Waals surface area contributed by atoms with E-state index in [-0.39, 0.29) is 17.1 Å². The Balaban J connectivity index is 2.14. The summed E-state index contributed by atoms with van der Waals surface area (Å²) >= 11 is 1.52. The highest BCUT2D eigenvalue weighted by Gasteiger charge is 2.30. The highest BCUT2D eigenvalue weighted by atomic mass is 32.2. The van der Waals surface area contributed by atoms with Crippen molar-refractivity contribution in [3.8, 4) is 11.5 Å². The van der Waals surface area contributed by atoms with Gasteiger partial charge in [0.1, 0.15) is 5.25 Å². The first-order valence-electron chi connectivity index (χ1n) is 7.40. The van der Waals surface area contributed by atoms with Gasteiger partial charge in [0, 0.05) is 24.4 Å². The minimum Gasteiger partial charge on any atom is -0.493 e. The first-order chi connectivity index (χ1) is 11.1. The Labute approximate surface area is 140 Å². The second-order valence-corrected chi connectivity index (χ2v) is 6.24. The SMILES string of the molecule is CCOc1ccc(C(=O)N2CCS[C@@H](C(=O)OC)C2)cc1OC. The normalized spacial score (nSPS) is 17.5. The number of methoxy groups -OCH3 is 2. The molecule has 7 heteroatoms. The summed E-state index contributed by atoms with van der Waals surface area (Å²) in [7, 11) is 2.90. The monoisotopic (exact) mass is 339 g/mol. The number of hydrogen-bond acceptors (Lipinski definition) is 6. The van der Waals surface area contributed by atoms with Crippen LogP contribution in [0.4, 0.5) is 0 Å². The van der Waals surface area contributed by atoms with E-state index in [0.29, 0.717) is 42.5 Å². The molecule has 1 fully saturated rings. The van der Waals surface area contributed by atoms with Crippen molar-refractivity contribution in [2.75, 3.05) is 39.7 Å². The topological polar surface area (TPSA) is 65.1 Å². The number of benzene rings is 1. The first kappa shape index (κ1) is 17.5. The Morgan fingerprint density at radius 1 is 1.30 bits per heavy atom. The van der Waals surface area contributed by atoms with Crippen LogP contribution in [0.15, 0.2) is 18.2 Å². The van der Waals surface area contributed by atoms with Crippen LogP contribution in [-0.2, 0) is 9.53 Å². The largest absolute Gasteiger partial charge is 0.493 e. The Kier molecular flexibility index (Phi) is 6.15. The predicted molar refractivity (Wildman–Crippen MR) is 88.3 cm³/mol. The van der Waals surface area contributed by atoms with Crippen LogP contribution in [0.5, 0.6) is 11.5 Å². The average molecular weight is 339 g/mol. The molecule has 0 bridgehead atoms. The van der Waals surface area contributed by atoms with Crippen LogP contribution in [0.3, 0.4) is 0 Å². The van der Waals surface area contributed by atoms with Crippen molar-refractivity contribution < 1.29 is 23.8 Å². The Hall–Kier alpha value is -1.89. The van der Waals surface area contributed by atoms with E-state index in [4.69, 9.17) is 14.2 Å². The summed E-state index contributed by atoms with van der Waals surface area (Å²) in [6.45, 7) is 3.36. The van der Waals surface area contributed by atoms with Gasteiger partial charge in [0.2, 0.25) is 0 Å². The Morgan fingerprint density at radius 2 is 2.09 bits per heavy atom. The van der Waals surface area contributed by atoms with E-state index in [1.807, 2.05) is 6.92 Å². The van der Waals surface area contributed by atoms with Gasteiger partial charge in [-0.15, -0.1) is 11.8 Å². The van der Waals surface area contributed by atoms with E-state index in [1.165, 1.54) is 26.0 Å². The molecule has 1 aromatic rings. The maximum Gasteiger partial charge on any atom is 0.320 e. The maximum absolute atomic E-state index is 12.7. The number of rotatable bonds is 5. The van der Waals surface area contributed by atoms with Crippen molar-refractivity contribution in [3.05, 3.63) is 23.8 Å². The second-order valence-electron chi connectivity index (χ2n) is 4.93. The predicted octanol–water partition coefficient (Wildman–Crippen LogP) is 1.82. The lowest BCUT2D eigenvalue weighted by Crippen LogP contribution is -2.44. The Morgan fingerprint density at radius 3 is 2.74 bits per heavy atom. The van der Waals surface area contributed by atoms with E-state index in [1.54, 1.807) is 23.1 Å². The van der Waals surface area contributed by atoms with Gasteiger partial charge in [0.05, 0.1) is 20.8 Å². The van der Waals surface area contributed by atoms with E-state index in [2.05, 4.69) is 0 Å². The minimum absolute atomic E-state index is 0.124. The van der Waals surface area contributed by atoms with Crippen LogP contribution in [-0.4, -0.2) is 61.7 Å². The molecule has 126 valence electrons. The minimum atomic E-state index is -0.331. The molecule has 1 heterocycles. The van der Waals surface area contributed by atoms with E-state index >= 15 is 0 Å². The highest BCUT2D eigenvalue weighted by Crippen LogP contribution is 2.29. The van der Waals surface area contributed by atoms with Crippen molar-refractivity contribution in [3.63, 3.8) is 0 Å². The summed E-state index contributed by atoms with van der Waals surface area (Å²) in [5.74, 6) is 1.42. The van der Waals surface area contributed by atoms with Crippen LogP contribution in [0.2, 0.25) is 0 Å². The number of nitrogens with zero attached hydrogens (tertiary/aromatic N) is 1. The van der Waals surface area contributed by atoms with Gasteiger partial charge in [-0.1, -0.05) is 0 Å². The molecule has 1 aromatic carbocycles. The van der Waals surface area contributed by atoms with Gasteiger partial charge in [-0.3, -0.25) is 9.59 Å². The summed E-state index contributed by atoms with van der Waals surface area (Å²) in [6, 6.07) is 5.11. The van der Waals surface area contributed by atoms with E-state index in [9.17, 15) is 9.59 Å². The summed E-state index contributed by atoms with van der Waals surface area (Å²) < 4.78 is 15.5. The van der Waals surface area contributed by atoms with Crippen LogP contribution < -0.4 is 9.47 Å². The molecule has 1 atom stereocenters. The quantitative estimate of drug-likeness (QED) is 0.763. The fraction of sp³-hybridized carbons (Fsp3) is 0.500. The zero-order chi connectivity index (χ0) is 16.8. The molecule has 0 aromatic heterocycles. The second kappa shape index (κ2) is 8.10. The lowest BCUT2D eigenvalue weighted by atomic mass is 10.1. The summed E-state index contributed by atoms with van der Waals surface area (Å²) in [4.78, 5) is 26.0. The summed E-state index contributed by atoms with van der Waals surface area (Å²) in [5.41, 5.74) is 0.515. The number of hydrogen-bond donors (Lipinski definition) is 0. The van der Waals surface area contributed by atoms with E-state index in [0.717, 1.165) is 0 Å². The smallest absolute Gasteiger partial charge is 0.320 e. The molecule has 1 aliphatic heterocycles. The molecule has 0 aliphatic carbocycles. The third-order valence-corrected chi connectivity index (χ3v) is 4.69. The van der Waals surface area contributed by atoms with E-state index < -0.39 is 0 Å². The van der Waals surface area contributed by atoms with Crippen LogP contribution in [0.25, 0.3) is 0 Å². The first-order valence-corrected chi connectivity index (χ1v) is 8.45. The molecular formula is C16H21NO5S. The van der Waals surface area contributed by atoms with Gasteiger partial charge in [-0.25, -0.2) is 0 Å². The van der Waals surface area contributed by atoms with Gasteiger partial charge in [0.15, 0.2) is 11.5 Å². The van der Waals surface area contributed by atoms with Crippen molar-refractivity contribution in [1.29, 1.82) is 0 Å². The number of amides is 1.